The average molecular weight is 611 g/mol. The molecular weight excluding hydrogens is 571 g/mol. The van der Waals surface area contributed by atoms with Crippen LogP contribution in [0.4, 0.5) is 21.7 Å². The molecule has 2 aromatic carbocycles. The highest BCUT2D eigenvalue weighted by Crippen LogP contribution is 2.28. The second-order valence-corrected chi connectivity index (χ2v) is 12.2. The number of nitrogens with zero attached hydrogens (tertiary/aromatic N) is 6. The van der Waals surface area contributed by atoms with Crippen molar-refractivity contribution in [2.24, 2.45) is 0 Å². The van der Waals surface area contributed by atoms with Crippen LogP contribution < -0.4 is 15.4 Å². The molecule has 0 saturated carbocycles. The van der Waals surface area contributed by atoms with Gasteiger partial charge in [0.2, 0.25) is 5.95 Å². The molecule has 1 amide bonds. The smallest absolute Gasteiger partial charge is 0.256 e. The van der Waals surface area contributed by atoms with Gasteiger partial charge in [-0.15, -0.1) is 5.10 Å². The first-order valence-electron chi connectivity index (χ1n) is 14.8. The number of aromatic nitrogens is 4. The Morgan fingerprint density at radius 3 is 2.44 bits per heavy atom. The number of carbonyl (C=O) groups is 1. The van der Waals surface area contributed by atoms with Gasteiger partial charge in [-0.05, 0) is 64.6 Å². The van der Waals surface area contributed by atoms with Gasteiger partial charge < -0.3 is 20.3 Å². The average Bonchev–Trinajstić information content (AvgIpc) is 3.43. The molecule has 10 nitrogen and oxygen atoms in total. The number of nitrogens with one attached hydrogen (secondary N) is 2. The fraction of sp³-hybridized carbons (Fsp3) is 0.353. The lowest BCUT2D eigenvalue weighted by molar-refractivity contribution is 0.102. The SMILES string of the molecule is COc1nn(C(C)(C)C)cc1Nc1ncc(C#Cc2cc(C(=O)Nc3ccc(CN4CCN(C)CC4)c(F)c3)ccc2C)cn1. The van der Waals surface area contributed by atoms with Gasteiger partial charge >= 0.3 is 0 Å². The van der Waals surface area contributed by atoms with Gasteiger partial charge in [0, 0.05) is 67.5 Å². The summed E-state index contributed by atoms with van der Waals surface area (Å²) in [6.07, 6.45) is 5.09. The topological polar surface area (TPSA) is 100 Å². The third-order valence-corrected chi connectivity index (χ3v) is 7.60. The maximum atomic E-state index is 14.9. The Labute approximate surface area is 263 Å². The third kappa shape index (κ3) is 8.03. The molecule has 45 heavy (non-hydrogen) atoms. The number of benzene rings is 2. The molecule has 5 rings (SSSR count). The van der Waals surface area contributed by atoms with E-state index in [1.165, 1.54) is 6.07 Å². The maximum Gasteiger partial charge on any atom is 0.256 e. The van der Waals surface area contributed by atoms with E-state index in [2.05, 4.69) is 54.4 Å². The number of carbonyl (C=O) groups excluding carboxylic acids is 1. The van der Waals surface area contributed by atoms with Crippen molar-refractivity contribution >= 4 is 23.2 Å². The number of likely N-dealkylation sites (N-methyl/N-ethyl adjacent to an activating group) is 1. The normalized spacial score (nSPS) is 14.0. The van der Waals surface area contributed by atoms with Gasteiger partial charge in [0.1, 0.15) is 11.5 Å². The second-order valence-electron chi connectivity index (χ2n) is 12.2. The minimum atomic E-state index is -0.340. The maximum absolute atomic E-state index is 14.9. The van der Waals surface area contributed by atoms with E-state index in [-0.39, 0.29) is 17.3 Å². The summed E-state index contributed by atoms with van der Waals surface area (Å²) in [6.45, 7) is 12.4. The number of hydrogen-bond acceptors (Lipinski definition) is 8. The Hall–Kier alpha value is -4.79. The summed E-state index contributed by atoms with van der Waals surface area (Å²) in [5.74, 6) is 6.35. The molecule has 1 aliphatic heterocycles. The Morgan fingerprint density at radius 1 is 1.04 bits per heavy atom. The van der Waals surface area contributed by atoms with Crippen LogP contribution in [0.25, 0.3) is 0 Å². The molecule has 1 aliphatic rings. The largest absolute Gasteiger partial charge is 0.478 e. The highest BCUT2D eigenvalue weighted by Gasteiger charge is 2.19. The van der Waals surface area contributed by atoms with Crippen LogP contribution in [0.5, 0.6) is 5.88 Å². The van der Waals surface area contributed by atoms with Crippen molar-refractivity contribution in [3.63, 3.8) is 0 Å². The van der Waals surface area contributed by atoms with Gasteiger partial charge in [0.15, 0.2) is 0 Å². The van der Waals surface area contributed by atoms with Gasteiger partial charge in [-0.1, -0.05) is 24.0 Å². The van der Waals surface area contributed by atoms with E-state index in [4.69, 9.17) is 4.74 Å². The summed E-state index contributed by atoms with van der Waals surface area (Å²) in [4.78, 5) is 26.3. The molecule has 0 unspecified atom stereocenters. The van der Waals surface area contributed by atoms with Crippen LogP contribution in [-0.2, 0) is 12.1 Å². The summed E-state index contributed by atoms with van der Waals surface area (Å²) in [7, 11) is 3.66. The lowest BCUT2D eigenvalue weighted by atomic mass is 10.0. The highest BCUT2D eigenvalue weighted by atomic mass is 19.1. The van der Waals surface area contributed by atoms with E-state index in [9.17, 15) is 9.18 Å². The van der Waals surface area contributed by atoms with Crippen molar-refractivity contribution in [3.05, 3.63) is 88.6 Å². The summed E-state index contributed by atoms with van der Waals surface area (Å²) < 4.78 is 22.1. The molecule has 2 aromatic heterocycles. The molecular formula is C34H39FN8O2. The molecule has 0 bridgehead atoms. The van der Waals surface area contributed by atoms with Gasteiger partial charge in [-0.3, -0.25) is 14.4 Å². The van der Waals surface area contributed by atoms with Crippen LogP contribution >= 0.6 is 0 Å². The number of piperazine rings is 1. The van der Waals surface area contributed by atoms with Crippen molar-refractivity contribution in [1.29, 1.82) is 0 Å². The Bertz CT molecular complexity index is 1730. The van der Waals surface area contributed by atoms with E-state index in [1.807, 2.05) is 44.6 Å². The van der Waals surface area contributed by atoms with Crippen LogP contribution in [0, 0.1) is 24.6 Å². The minimum Gasteiger partial charge on any atom is -0.478 e. The first-order valence-corrected chi connectivity index (χ1v) is 14.8. The predicted octanol–water partition coefficient (Wildman–Crippen LogP) is 5.03. The Kier molecular flexibility index (Phi) is 9.46. The van der Waals surface area contributed by atoms with Gasteiger partial charge in [0.05, 0.1) is 24.4 Å². The van der Waals surface area contributed by atoms with Crippen LogP contribution in [0.2, 0.25) is 0 Å². The quantitative estimate of drug-likeness (QED) is 0.281. The van der Waals surface area contributed by atoms with Gasteiger partial charge in [-0.2, -0.15) is 0 Å². The van der Waals surface area contributed by atoms with E-state index in [1.54, 1.807) is 43.8 Å². The molecule has 0 spiro atoms. The van der Waals surface area contributed by atoms with Crippen LogP contribution in [0.15, 0.2) is 55.0 Å². The first kappa shape index (κ1) is 31.6. The predicted molar refractivity (Wildman–Crippen MR) is 173 cm³/mol. The van der Waals surface area contributed by atoms with Crippen LogP contribution in [-0.4, -0.2) is 75.8 Å². The fourth-order valence-electron chi connectivity index (χ4n) is 4.76. The summed E-state index contributed by atoms with van der Waals surface area (Å²) in [6, 6.07) is 10.2. The molecule has 2 N–H and O–H groups in total. The fourth-order valence-corrected chi connectivity index (χ4v) is 4.76. The standard InChI is InChI=1S/C34H39FN8O2/c1-23-7-9-26(31(44)38-28-12-11-27(29(35)18-28)21-42-15-13-41(5)14-16-42)17-25(23)10-8-24-19-36-33(37-20-24)39-30-22-43(34(2,3)4)40-32(30)45-6/h7,9,11-12,17-20,22H,13-16,21H2,1-6H3,(H,38,44)(H,36,37,39). The number of halogens is 1. The molecule has 1 fully saturated rings. The second kappa shape index (κ2) is 13.5. The van der Waals surface area contributed by atoms with Crippen LogP contribution in [0.1, 0.15) is 53.4 Å². The molecule has 234 valence electrons. The number of anilines is 3. The Balaban J connectivity index is 1.23. The van der Waals surface area contributed by atoms with Crippen molar-refractivity contribution in [2.45, 2.75) is 39.8 Å². The van der Waals surface area contributed by atoms with Gasteiger partial charge in [-0.25, -0.2) is 14.4 Å². The molecule has 0 atom stereocenters. The summed E-state index contributed by atoms with van der Waals surface area (Å²) >= 11 is 0. The number of aryl methyl sites for hydroxylation is 1. The summed E-state index contributed by atoms with van der Waals surface area (Å²) in [5, 5.41) is 10.4. The van der Waals surface area contributed by atoms with E-state index in [0.717, 1.165) is 31.7 Å². The summed E-state index contributed by atoms with van der Waals surface area (Å²) in [5.41, 5.74) is 4.11. The number of hydrogen-bond donors (Lipinski definition) is 2. The molecule has 4 aromatic rings. The number of rotatable bonds is 7. The zero-order chi connectivity index (χ0) is 32.1. The zero-order valence-corrected chi connectivity index (χ0v) is 26.6. The molecule has 0 radical (unpaired) electrons. The van der Waals surface area contributed by atoms with Crippen molar-refractivity contribution in [1.82, 2.24) is 29.5 Å². The molecule has 1 saturated heterocycles. The van der Waals surface area contributed by atoms with Crippen LogP contribution in [0.3, 0.4) is 0 Å². The number of amides is 1. The van der Waals surface area contributed by atoms with E-state index < -0.39 is 0 Å². The Morgan fingerprint density at radius 2 is 1.78 bits per heavy atom. The van der Waals surface area contributed by atoms with Crippen molar-refractivity contribution in [2.75, 3.05) is 51.0 Å². The molecule has 3 heterocycles. The zero-order valence-electron chi connectivity index (χ0n) is 26.6. The molecule has 0 aliphatic carbocycles. The number of methoxy groups -OCH3 is 1. The van der Waals surface area contributed by atoms with Crippen molar-refractivity contribution < 1.29 is 13.9 Å². The lowest BCUT2D eigenvalue weighted by Gasteiger charge is -2.32. The number of ether oxygens (including phenoxy) is 1. The van der Waals surface area contributed by atoms with Crippen molar-refractivity contribution in [3.8, 4) is 17.7 Å². The minimum absolute atomic E-state index is 0.211. The van der Waals surface area contributed by atoms with E-state index >= 15 is 0 Å². The third-order valence-electron chi connectivity index (χ3n) is 7.60. The first-order chi connectivity index (χ1) is 21.5. The lowest BCUT2D eigenvalue weighted by Crippen LogP contribution is -2.44. The molecule has 11 heteroatoms. The monoisotopic (exact) mass is 610 g/mol. The van der Waals surface area contributed by atoms with E-state index in [0.29, 0.717) is 52.0 Å². The highest BCUT2D eigenvalue weighted by molar-refractivity contribution is 6.04. The van der Waals surface area contributed by atoms with Gasteiger partial charge in [0.25, 0.3) is 11.8 Å².